The summed E-state index contributed by atoms with van der Waals surface area (Å²) in [5, 5.41) is 2.98. The Balaban J connectivity index is 1.45. The molecule has 2 aliphatic rings. The van der Waals surface area contributed by atoms with Crippen LogP contribution in [-0.4, -0.2) is 23.3 Å². The van der Waals surface area contributed by atoms with Crippen molar-refractivity contribution in [2.75, 3.05) is 11.9 Å². The van der Waals surface area contributed by atoms with Gasteiger partial charge in [-0.15, -0.1) is 0 Å². The van der Waals surface area contributed by atoms with E-state index in [4.69, 9.17) is 0 Å². The Morgan fingerprint density at radius 1 is 0.964 bits per heavy atom. The Labute approximate surface area is 166 Å². The number of hydrogen-bond donors (Lipinski definition) is 1. The van der Waals surface area contributed by atoms with Crippen LogP contribution in [0.5, 0.6) is 0 Å². The Morgan fingerprint density at radius 3 is 2.21 bits per heavy atom. The number of carbonyl (C=O) groups excluding carboxylic acids is 2. The van der Waals surface area contributed by atoms with E-state index < -0.39 is 5.41 Å². The van der Waals surface area contributed by atoms with E-state index in [1.807, 2.05) is 41.3 Å². The molecule has 0 atom stereocenters. The number of amides is 2. The molecule has 0 unspecified atom stereocenters. The average molecular weight is 377 g/mol. The van der Waals surface area contributed by atoms with E-state index in [0.29, 0.717) is 25.9 Å². The molecular weight excluding hydrogens is 348 g/mol. The minimum absolute atomic E-state index is 0.0224. The van der Waals surface area contributed by atoms with Gasteiger partial charge in [0.15, 0.2) is 0 Å². The Bertz CT molecular complexity index is 905. The highest BCUT2D eigenvalue weighted by Gasteiger charge is 2.58. The lowest BCUT2D eigenvalue weighted by molar-refractivity contribution is -0.143. The van der Waals surface area contributed by atoms with Gasteiger partial charge in [0, 0.05) is 18.8 Å². The maximum Gasteiger partial charge on any atom is 0.240 e. The fourth-order valence-corrected chi connectivity index (χ4v) is 3.94. The zero-order chi connectivity index (χ0) is 19.9. The van der Waals surface area contributed by atoms with Gasteiger partial charge in [0.25, 0.3) is 0 Å². The molecule has 0 bridgehead atoms. The van der Waals surface area contributed by atoms with E-state index in [-0.39, 0.29) is 17.2 Å². The van der Waals surface area contributed by atoms with Gasteiger partial charge in [-0.1, -0.05) is 57.2 Å². The summed E-state index contributed by atoms with van der Waals surface area (Å²) < 4.78 is 0. The summed E-state index contributed by atoms with van der Waals surface area (Å²) in [6.07, 6.45) is 2.12. The van der Waals surface area contributed by atoms with Crippen LogP contribution in [-0.2, 0) is 28.0 Å². The van der Waals surface area contributed by atoms with Gasteiger partial charge in [-0.25, -0.2) is 0 Å². The normalized spacial score (nSPS) is 17.6. The first kappa shape index (κ1) is 18.7. The molecule has 0 saturated heterocycles. The van der Waals surface area contributed by atoms with E-state index in [2.05, 4.69) is 38.2 Å². The van der Waals surface area contributed by atoms with Crippen molar-refractivity contribution < 1.29 is 9.59 Å². The van der Waals surface area contributed by atoms with Crippen LogP contribution in [0.4, 0.5) is 5.69 Å². The summed E-state index contributed by atoms with van der Waals surface area (Å²) in [6, 6.07) is 16.2. The molecule has 28 heavy (non-hydrogen) atoms. The number of carbonyl (C=O) groups is 2. The van der Waals surface area contributed by atoms with Crippen molar-refractivity contribution in [3.8, 4) is 0 Å². The van der Waals surface area contributed by atoms with Crippen LogP contribution < -0.4 is 5.32 Å². The number of nitrogens with zero attached hydrogens (tertiary/aromatic N) is 1. The molecule has 0 spiro atoms. The predicted molar refractivity (Wildman–Crippen MR) is 111 cm³/mol. The fourth-order valence-electron chi connectivity index (χ4n) is 3.94. The maximum atomic E-state index is 13.2. The summed E-state index contributed by atoms with van der Waals surface area (Å²) in [6.45, 7) is 7.77. The van der Waals surface area contributed by atoms with Crippen molar-refractivity contribution in [1.29, 1.82) is 0 Å². The second kappa shape index (κ2) is 6.77. The molecule has 1 aliphatic carbocycles. The van der Waals surface area contributed by atoms with Crippen LogP contribution in [0, 0.1) is 5.41 Å². The molecule has 1 saturated carbocycles. The Morgan fingerprint density at radius 2 is 1.61 bits per heavy atom. The number of rotatable bonds is 3. The molecule has 0 aromatic heterocycles. The standard InChI is InChI=1S/C24H28N2O2/c1-23(2,3)19-8-10-20(11-9-19)25-21(27)24(13-14-24)22(28)26-15-12-17-6-4-5-7-18(17)16-26/h4-11H,12-16H2,1-3H3,(H,25,27). The van der Waals surface area contributed by atoms with Crippen LogP contribution in [0.1, 0.15) is 50.3 Å². The zero-order valence-corrected chi connectivity index (χ0v) is 16.9. The third-order valence-corrected chi connectivity index (χ3v) is 6.02. The number of nitrogens with one attached hydrogen (secondary N) is 1. The smallest absolute Gasteiger partial charge is 0.240 e. The lowest BCUT2D eigenvalue weighted by atomic mass is 9.87. The van der Waals surface area contributed by atoms with Crippen molar-refractivity contribution in [2.45, 2.75) is 52.0 Å². The molecule has 1 N–H and O–H groups in total. The average Bonchev–Trinajstić information content (AvgIpc) is 3.49. The van der Waals surface area contributed by atoms with Gasteiger partial charge in [-0.05, 0) is 53.5 Å². The van der Waals surface area contributed by atoms with Crippen LogP contribution in [0.15, 0.2) is 48.5 Å². The second-order valence-corrected chi connectivity index (χ2v) is 9.11. The molecule has 1 aliphatic heterocycles. The molecule has 4 nitrogen and oxygen atoms in total. The second-order valence-electron chi connectivity index (χ2n) is 9.11. The quantitative estimate of drug-likeness (QED) is 0.813. The van der Waals surface area contributed by atoms with Crippen molar-refractivity contribution >= 4 is 17.5 Å². The van der Waals surface area contributed by atoms with Crippen molar-refractivity contribution in [3.05, 3.63) is 65.2 Å². The first-order valence-electron chi connectivity index (χ1n) is 10.1. The third-order valence-electron chi connectivity index (χ3n) is 6.02. The highest BCUT2D eigenvalue weighted by Crippen LogP contribution is 2.48. The molecule has 1 fully saturated rings. The van der Waals surface area contributed by atoms with Gasteiger partial charge >= 0.3 is 0 Å². The fraction of sp³-hybridized carbons (Fsp3) is 0.417. The molecule has 4 heteroatoms. The van der Waals surface area contributed by atoms with Crippen LogP contribution >= 0.6 is 0 Å². The molecule has 4 rings (SSSR count). The minimum Gasteiger partial charge on any atom is -0.337 e. The summed E-state index contributed by atoms with van der Waals surface area (Å²) in [5.41, 5.74) is 3.65. The molecule has 2 amide bonds. The van der Waals surface area contributed by atoms with Crippen molar-refractivity contribution in [2.24, 2.45) is 5.41 Å². The van der Waals surface area contributed by atoms with Gasteiger partial charge in [0.2, 0.25) is 11.8 Å². The molecule has 0 radical (unpaired) electrons. The van der Waals surface area contributed by atoms with Crippen LogP contribution in [0.25, 0.3) is 0 Å². The highest BCUT2D eigenvalue weighted by molar-refractivity contribution is 6.13. The summed E-state index contributed by atoms with van der Waals surface area (Å²) in [7, 11) is 0. The zero-order valence-electron chi connectivity index (χ0n) is 16.9. The largest absolute Gasteiger partial charge is 0.337 e. The number of fused-ring (bicyclic) bond motifs is 1. The summed E-state index contributed by atoms with van der Waals surface area (Å²) >= 11 is 0. The van der Waals surface area contributed by atoms with E-state index in [1.165, 1.54) is 16.7 Å². The number of anilines is 1. The minimum atomic E-state index is -0.880. The summed E-state index contributed by atoms with van der Waals surface area (Å²) in [5.74, 6) is -0.189. The van der Waals surface area contributed by atoms with E-state index in [0.717, 1.165) is 12.1 Å². The first-order valence-corrected chi connectivity index (χ1v) is 10.1. The monoisotopic (exact) mass is 376 g/mol. The SMILES string of the molecule is CC(C)(C)c1ccc(NC(=O)C2(C(=O)N3CCc4ccccc4C3)CC2)cc1. The van der Waals surface area contributed by atoms with Crippen LogP contribution in [0.2, 0.25) is 0 Å². The van der Waals surface area contributed by atoms with Gasteiger partial charge in [0.05, 0.1) is 0 Å². The number of hydrogen-bond acceptors (Lipinski definition) is 2. The number of benzene rings is 2. The lowest BCUT2D eigenvalue weighted by Crippen LogP contribution is -2.45. The van der Waals surface area contributed by atoms with Crippen molar-refractivity contribution in [3.63, 3.8) is 0 Å². The Kier molecular flexibility index (Phi) is 4.53. The highest BCUT2D eigenvalue weighted by atomic mass is 16.2. The molecular formula is C24H28N2O2. The van der Waals surface area contributed by atoms with E-state index in [1.54, 1.807) is 0 Å². The molecule has 2 aromatic carbocycles. The van der Waals surface area contributed by atoms with E-state index >= 15 is 0 Å². The van der Waals surface area contributed by atoms with Gasteiger partial charge < -0.3 is 10.2 Å². The Hall–Kier alpha value is -2.62. The molecule has 146 valence electrons. The van der Waals surface area contributed by atoms with Gasteiger partial charge in [-0.3, -0.25) is 9.59 Å². The van der Waals surface area contributed by atoms with Crippen molar-refractivity contribution in [1.82, 2.24) is 4.90 Å². The molecule has 1 heterocycles. The predicted octanol–water partition coefficient (Wildman–Crippen LogP) is 4.29. The lowest BCUT2D eigenvalue weighted by Gasteiger charge is -2.31. The topological polar surface area (TPSA) is 49.4 Å². The van der Waals surface area contributed by atoms with Gasteiger partial charge in [-0.2, -0.15) is 0 Å². The van der Waals surface area contributed by atoms with Gasteiger partial charge in [0.1, 0.15) is 5.41 Å². The third kappa shape index (κ3) is 3.44. The first-order chi connectivity index (χ1) is 13.3. The van der Waals surface area contributed by atoms with Crippen LogP contribution in [0.3, 0.4) is 0 Å². The summed E-state index contributed by atoms with van der Waals surface area (Å²) in [4.78, 5) is 28.0. The maximum absolute atomic E-state index is 13.2. The van der Waals surface area contributed by atoms with E-state index in [9.17, 15) is 9.59 Å². The molecule has 2 aromatic rings.